The Kier molecular flexibility index (Phi) is 5.23. The molecule has 2 aromatic carbocycles. The molecular weight excluding hydrogens is 356 g/mol. The molecule has 0 spiro atoms. The number of carbonyl (C=O) groups is 1. The number of nitro groups is 1. The number of aromatic nitrogens is 1. The first-order valence-electron chi connectivity index (χ1n) is 7.64. The van der Waals surface area contributed by atoms with Gasteiger partial charge in [-0.25, -0.2) is 4.98 Å². The van der Waals surface area contributed by atoms with Gasteiger partial charge in [0.15, 0.2) is 5.75 Å². The number of thiazole rings is 1. The summed E-state index contributed by atoms with van der Waals surface area (Å²) in [6.45, 7) is 0.223. The summed E-state index contributed by atoms with van der Waals surface area (Å²) in [5.41, 5.74) is 1.79. The standard InChI is InChI=1S/C18H14N2O5S/c21-18(22)9-17-19-14(11-26-17)13-6-7-16(15(8-13)20(23)24)25-10-12-4-2-1-3-5-12/h1-8,11H,9-10H2,(H,21,22). The van der Waals surface area contributed by atoms with Gasteiger partial charge in [-0.2, -0.15) is 0 Å². The van der Waals surface area contributed by atoms with Crippen LogP contribution in [-0.2, 0) is 17.8 Å². The van der Waals surface area contributed by atoms with Crippen LogP contribution in [0.5, 0.6) is 5.75 Å². The van der Waals surface area contributed by atoms with Crippen molar-refractivity contribution in [1.82, 2.24) is 4.98 Å². The normalized spacial score (nSPS) is 10.5. The fourth-order valence-electron chi connectivity index (χ4n) is 2.33. The van der Waals surface area contributed by atoms with Crippen molar-refractivity contribution in [1.29, 1.82) is 0 Å². The SMILES string of the molecule is O=C(O)Cc1nc(-c2ccc(OCc3ccccc3)c([N+](=O)[O-])c2)cs1. The van der Waals surface area contributed by atoms with Crippen LogP contribution < -0.4 is 4.74 Å². The lowest BCUT2D eigenvalue weighted by molar-refractivity contribution is -0.385. The predicted molar refractivity (Wildman–Crippen MR) is 96.3 cm³/mol. The molecule has 0 atom stereocenters. The molecule has 8 heteroatoms. The fraction of sp³-hybridized carbons (Fsp3) is 0.111. The summed E-state index contributed by atoms with van der Waals surface area (Å²) in [6.07, 6.45) is -0.176. The number of rotatable bonds is 7. The molecule has 0 radical (unpaired) electrons. The highest BCUT2D eigenvalue weighted by atomic mass is 32.1. The van der Waals surface area contributed by atoms with Gasteiger partial charge in [0.2, 0.25) is 0 Å². The molecule has 0 aliphatic heterocycles. The second-order valence-electron chi connectivity index (χ2n) is 5.41. The molecule has 3 rings (SSSR count). The van der Waals surface area contributed by atoms with Crippen molar-refractivity contribution >= 4 is 23.0 Å². The Morgan fingerprint density at radius 2 is 2.00 bits per heavy atom. The van der Waals surface area contributed by atoms with Crippen LogP contribution in [-0.4, -0.2) is 21.0 Å². The predicted octanol–water partition coefficient (Wildman–Crippen LogP) is 3.92. The summed E-state index contributed by atoms with van der Waals surface area (Å²) >= 11 is 1.21. The van der Waals surface area contributed by atoms with Crippen LogP contribution in [0.1, 0.15) is 10.6 Å². The van der Waals surface area contributed by atoms with Crippen molar-refractivity contribution in [3.05, 3.63) is 74.6 Å². The zero-order chi connectivity index (χ0) is 18.5. The average molecular weight is 370 g/mol. The van der Waals surface area contributed by atoms with E-state index in [9.17, 15) is 14.9 Å². The number of hydrogen-bond acceptors (Lipinski definition) is 6. The highest BCUT2D eigenvalue weighted by Gasteiger charge is 2.18. The largest absolute Gasteiger partial charge is 0.482 e. The Morgan fingerprint density at radius 3 is 2.69 bits per heavy atom. The highest BCUT2D eigenvalue weighted by Crippen LogP contribution is 2.33. The van der Waals surface area contributed by atoms with E-state index in [2.05, 4.69) is 4.98 Å². The summed E-state index contributed by atoms with van der Waals surface area (Å²) in [5, 5.41) is 22.3. The molecule has 0 saturated heterocycles. The minimum absolute atomic E-state index is 0.161. The zero-order valence-electron chi connectivity index (χ0n) is 13.5. The molecule has 0 bridgehead atoms. The molecule has 1 aromatic heterocycles. The first-order chi connectivity index (χ1) is 12.5. The van der Waals surface area contributed by atoms with Crippen LogP contribution in [0.4, 0.5) is 5.69 Å². The van der Waals surface area contributed by atoms with Gasteiger partial charge in [0.25, 0.3) is 0 Å². The van der Waals surface area contributed by atoms with E-state index in [1.807, 2.05) is 30.3 Å². The molecular formula is C18H14N2O5S. The van der Waals surface area contributed by atoms with Crippen molar-refractivity contribution in [2.24, 2.45) is 0 Å². The molecule has 0 unspecified atom stereocenters. The van der Waals surface area contributed by atoms with Gasteiger partial charge >= 0.3 is 11.7 Å². The Hall–Kier alpha value is -3.26. The Morgan fingerprint density at radius 1 is 1.23 bits per heavy atom. The number of hydrogen-bond donors (Lipinski definition) is 1. The zero-order valence-corrected chi connectivity index (χ0v) is 14.3. The van der Waals surface area contributed by atoms with E-state index < -0.39 is 10.9 Å². The minimum Gasteiger partial charge on any atom is -0.482 e. The Balaban J connectivity index is 1.83. The summed E-state index contributed by atoms with van der Waals surface area (Å²) in [4.78, 5) is 25.9. The van der Waals surface area contributed by atoms with Gasteiger partial charge in [-0.1, -0.05) is 30.3 Å². The van der Waals surface area contributed by atoms with Crippen LogP contribution >= 0.6 is 11.3 Å². The van der Waals surface area contributed by atoms with E-state index in [4.69, 9.17) is 9.84 Å². The van der Waals surface area contributed by atoms with E-state index in [1.54, 1.807) is 11.4 Å². The molecule has 0 amide bonds. The molecule has 1 heterocycles. The summed E-state index contributed by atoms with van der Waals surface area (Å²) in [6, 6.07) is 14.0. The van der Waals surface area contributed by atoms with Crippen LogP contribution in [0.25, 0.3) is 11.3 Å². The molecule has 1 N–H and O–H groups in total. The molecule has 7 nitrogen and oxygen atoms in total. The smallest absolute Gasteiger partial charge is 0.311 e. The van der Waals surface area contributed by atoms with Gasteiger partial charge in [0.05, 0.1) is 17.0 Å². The van der Waals surface area contributed by atoms with E-state index in [0.717, 1.165) is 5.56 Å². The van der Waals surface area contributed by atoms with E-state index >= 15 is 0 Å². The Labute approximate surface area is 152 Å². The first-order valence-corrected chi connectivity index (χ1v) is 8.52. The fourth-order valence-corrected chi connectivity index (χ4v) is 3.13. The monoisotopic (exact) mass is 370 g/mol. The number of aliphatic carboxylic acids is 1. The highest BCUT2D eigenvalue weighted by molar-refractivity contribution is 7.10. The maximum atomic E-state index is 11.4. The lowest BCUT2D eigenvalue weighted by Gasteiger charge is -2.08. The third-order valence-electron chi connectivity index (χ3n) is 3.54. The van der Waals surface area contributed by atoms with Crippen molar-refractivity contribution < 1.29 is 19.6 Å². The molecule has 3 aromatic rings. The van der Waals surface area contributed by atoms with E-state index in [1.165, 1.54) is 23.5 Å². The second-order valence-corrected chi connectivity index (χ2v) is 6.35. The summed E-state index contributed by atoms with van der Waals surface area (Å²) in [7, 11) is 0. The van der Waals surface area contributed by atoms with Crippen LogP contribution in [0.15, 0.2) is 53.9 Å². The average Bonchev–Trinajstić information content (AvgIpc) is 3.08. The number of carboxylic acids is 1. The molecule has 0 aliphatic rings. The van der Waals surface area contributed by atoms with Crippen molar-refractivity contribution in [2.45, 2.75) is 13.0 Å². The maximum absolute atomic E-state index is 11.4. The minimum atomic E-state index is -0.971. The van der Waals surface area contributed by atoms with Crippen LogP contribution in [0.2, 0.25) is 0 Å². The quantitative estimate of drug-likeness (QED) is 0.499. The molecule has 26 heavy (non-hydrogen) atoms. The third kappa shape index (κ3) is 4.22. The molecule has 132 valence electrons. The van der Waals surface area contributed by atoms with E-state index in [0.29, 0.717) is 16.3 Å². The van der Waals surface area contributed by atoms with Crippen molar-refractivity contribution in [3.8, 4) is 17.0 Å². The lowest BCUT2D eigenvalue weighted by atomic mass is 10.1. The second kappa shape index (κ2) is 7.75. The number of nitrogens with zero attached hydrogens (tertiary/aromatic N) is 2. The topological polar surface area (TPSA) is 103 Å². The lowest BCUT2D eigenvalue weighted by Crippen LogP contribution is -2.00. The van der Waals surface area contributed by atoms with E-state index in [-0.39, 0.29) is 24.5 Å². The number of carboxylic acid groups (broad SMARTS) is 1. The number of ether oxygens (including phenoxy) is 1. The van der Waals surface area contributed by atoms with Crippen LogP contribution in [0, 0.1) is 10.1 Å². The van der Waals surface area contributed by atoms with Gasteiger partial charge in [-0.05, 0) is 17.7 Å². The number of benzene rings is 2. The molecule has 0 fully saturated rings. The van der Waals surface area contributed by atoms with Crippen LogP contribution in [0.3, 0.4) is 0 Å². The molecule has 0 saturated carbocycles. The van der Waals surface area contributed by atoms with Gasteiger partial charge < -0.3 is 9.84 Å². The first kappa shape index (κ1) is 17.6. The van der Waals surface area contributed by atoms with Crippen molar-refractivity contribution in [2.75, 3.05) is 0 Å². The summed E-state index contributed by atoms with van der Waals surface area (Å²) < 4.78 is 5.60. The van der Waals surface area contributed by atoms with Gasteiger partial charge in [-0.3, -0.25) is 14.9 Å². The van der Waals surface area contributed by atoms with Gasteiger partial charge in [-0.15, -0.1) is 11.3 Å². The Bertz CT molecular complexity index is 940. The molecule has 0 aliphatic carbocycles. The van der Waals surface area contributed by atoms with Gasteiger partial charge in [0.1, 0.15) is 11.6 Å². The van der Waals surface area contributed by atoms with Crippen molar-refractivity contribution in [3.63, 3.8) is 0 Å². The van der Waals surface area contributed by atoms with Gasteiger partial charge in [0, 0.05) is 17.0 Å². The summed E-state index contributed by atoms with van der Waals surface area (Å²) in [5.74, 6) is -0.801. The maximum Gasteiger partial charge on any atom is 0.311 e. The third-order valence-corrected chi connectivity index (χ3v) is 4.39. The number of nitro benzene ring substituents is 1.